The van der Waals surface area contributed by atoms with Crippen LogP contribution in [0.1, 0.15) is 34.8 Å². The first-order chi connectivity index (χ1) is 17.6. The first-order valence-electron chi connectivity index (χ1n) is 12.0. The van der Waals surface area contributed by atoms with E-state index < -0.39 is 5.97 Å². The van der Waals surface area contributed by atoms with Crippen molar-refractivity contribution in [2.75, 3.05) is 18.1 Å². The Hall–Kier alpha value is -3.84. The maximum Gasteiger partial charge on any atom is 0.338 e. The summed E-state index contributed by atoms with van der Waals surface area (Å²) in [6, 6.07) is 24.2. The van der Waals surface area contributed by atoms with Crippen molar-refractivity contribution in [2.24, 2.45) is 0 Å². The third-order valence-corrected chi connectivity index (χ3v) is 7.31. The minimum Gasteiger partial charge on any atom is -0.462 e. The predicted molar refractivity (Wildman–Crippen MR) is 139 cm³/mol. The molecule has 0 aliphatic carbocycles. The molecule has 0 spiro atoms. The fraction of sp³-hybridized carbons (Fsp3) is 0.207. The van der Waals surface area contributed by atoms with Crippen LogP contribution in [0.4, 0.5) is 5.69 Å². The van der Waals surface area contributed by atoms with Crippen LogP contribution in [-0.2, 0) is 27.3 Å². The molecule has 2 aliphatic rings. The standard InChI is InChI=1S/C29H26N2O4S/c1-2-18-35-29(34)21-12-14-23(15-13-21)31-27(32)25(26(28(31)33)36-24-10-4-3-5-11-24)30-17-16-20-8-6-7-9-22(20)19-30/h3-15H,2,16-19H2,1H3. The molecule has 36 heavy (non-hydrogen) atoms. The number of hydrogen-bond donors (Lipinski definition) is 0. The van der Waals surface area contributed by atoms with Crippen molar-refractivity contribution in [1.29, 1.82) is 0 Å². The number of nitrogens with zero attached hydrogens (tertiary/aromatic N) is 2. The number of amides is 2. The smallest absolute Gasteiger partial charge is 0.338 e. The van der Waals surface area contributed by atoms with Gasteiger partial charge in [0.15, 0.2) is 0 Å². The van der Waals surface area contributed by atoms with Gasteiger partial charge in [-0.3, -0.25) is 9.59 Å². The molecular formula is C29H26N2O4S. The third kappa shape index (κ3) is 4.66. The number of carbonyl (C=O) groups excluding carboxylic acids is 3. The highest BCUT2D eigenvalue weighted by atomic mass is 32.2. The molecule has 0 fully saturated rings. The van der Waals surface area contributed by atoms with Crippen LogP contribution in [0, 0.1) is 0 Å². The van der Waals surface area contributed by atoms with Crippen LogP contribution in [-0.4, -0.2) is 35.8 Å². The Morgan fingerprint density at radius 2 is 1.58 bits per heavy atom. The van der Waals surface area contributed by atoms with Gasteiger partial charge in [-0.1, -0.05) is 61.2 Å². The summed E-state index contributed by atoms with van der Waals surface area (Å²) in [4.78, 5) is 44.2. The molecule has 5 rings (SSSR count). The fourth-order valence-corrected chi connectivity index (χ4v) is 5.44. The molecule has 6 nitrogen and oxygen atoms in total. The van der Waals surface area contributed by atoms with Gasteiger partial charge in [0, 0.05) is 18.0 Å². The fourth-order valence-electron chi connectivity index (χ4n) is 4.42. The molecule has 0 saturated carbocycles. The van der Waals surface area contributed by atoms with Crippen molar-refractivity contribution >= 4 is 35.2 Å². The normalized spacial score (nSPS) is 15.4. The number of fused-ring (bicyclic) bond motifs is 1. The SMILES string of the molecule is CCCOC(=O)c1ccc(N2C(=O)C(Sc3ccccc3)=C(N3CCc4ccccc4C3)C2=O)cc1. The molecule has 0 aromatic heterocycles. The summed E-state index contributed by atoms with van der Waals surface area (Å²) in [5.74, 6) is -1.13. The Morgan fingerprint density at radius 3 is 2.31 bits per heavy atom. The van der Waals surface area contributed by atoms with E-state index in [-0.39, 0.29) is 11.8 Å². The maximum atomic E-state index is 13.8. The number of benzene rings is 3. The van der Waals surface area contributed by atoms with Gasteiger partial charge in [-0.25, -0.2) is 9.69 Å². The second-order valence-corrected chi connectivity index (χ2v) is 9.75. The third-order valence-electron chi connectivity index (χ3n) is 6.23. The van der Waals surface area contributed by atoms with Crippen LogP contribution >= 0.6 is 11.8 Å². The molecule has 2 amide bonds. The summed E-state index contributed by atoms with van der Waals surface area (Å²) in [6.45, 7) is 3.49. The Bertz CT molecular complexity index is 1330. The Kier molecular flexibility index (Phi) is 6.91. The van der Waals surface area contributed by atoms with Crippen LogP contribution < -0.4 is 4.90 Å². The lowest BCUT2D eigenvalue weighted by Crippen LogP contribution is -2.37. The molecule has 0 unspecified atom stereocenters. The highest BCUT2D eigenvalue weighted by Crippen LogP contribution is 2.40. The van der Waals surface area contributed by atoms with E-state index in [0.717, 1.165) is 23.3 Å². The van der Waals surface area contributed by atoms with E-state index in [1.54, 1.807) is 24.3 Å². The first-order valence-corrected chi connectivity index (χ1v) is 12.8. The van der Waals surface area contributed by atoms with Gasteiger partial charge >= 0.3 is 5.97 Å². The molecule has 0 radical (unpaired) electrons. The molecular weight excluding hydrogens is 472 g/mol. The van der Waals surface area contributed by atoms with E-state index >= 15 is 0 Å². The van der Waals surface area contributed by atoms with E-state index in [1.165, 1.54) is 22.2 Å². The number of rotatable bonds is 7. The summed E-state index contributed by atoms with van der Waals surface area (Å²) < 4.78 is 5.19. The maximum absolute atomic E-state index is 13.8. The van der Waals surface area contributed by atoms with Crippen molar-refractivity contribution in [3.8, 4) is 0 Å². The van der Waals surface area contributed by atoms with Gasteiger partial charge in [-0.05, 0) is 60.4 Å². The van der Waals surface area contributed by atoms with Gasteiger partial charge in [-0.2, -0.15) is 0 Å². The first kappa shape index (κ1) is 23.9. The Morgan fingerprint density at radius 1 is 0.889 bits per heavy atom. The summed E-state index contributed by atoms with van der Waals surface area (Å²) in [7, 11) is 0. The van der Waals surface area contributed by atoms with Crippen molar-refractivity contribution in [3.63, 3.8) is 0 Å². The predicted octanol–water partition coefficient (Wildman–Crippen LogP) is 5.19. The largest absolute Gasteiger partial charge is 0.462 e. The Balaban J connectivity index is 1.47. The topological polar surface area (TPSA) is 66.9 Å². The molecule has 2 heterocycles. The van der Waals surface area contributed by atoms with Gasteiger partial charge in [-0.15, -0.1) is 0 Å². The van der Waals surface area contributed by atoms with E-state index in [9.17, 15) is 14.4 Å². The van der Waals surface area contributed by atoms with E-state index in [2.05, 4.69) is 12.1 Å². The van der Waals surface area contributed by atoms with Gasteiger partial charge in [0.2, 0.25) is 0 Å². The number of thioether (sulfide) groups is 1. The van der Waals surface area contributed by atoms with Gasteiger partial charge in [0.05, 0.1) is 17.9 Å². The molecule has 3 aromatic rings. The molecule has 2 aliphatic heterocycles. The monoisotopic (exact) mass is 498 g/mol. The zero-order chi connectivity index (χ0) is 25.1. The van der Waals surface area contributed by atoms with Gasteiger partial charge in [0.25, 0.3) is 11.8 Å². The lowest BCUT2D eigenvalue weighted by molar-refractivity contribution is -0.121. The van der Waals surface area contributed by atoms with Crippen molar-refractivity contribution in [2.45, 2.75) is 31.2 Å². The number of carbonyl (C=O) groups is 3. The van der Waals surface area contributed by atoms with E-state index in [1.807, 2.05) is 54.3 Å². The van der Waals surface area contributed by atoms with Crippen LogP contribution in [0.3, 0.4) is 0 Å². The molecule has 182 valence electrons. The quantitative estimate of drug-likeness (QED) is 0.330. The molecule has 3 aromatic carbocycles. The molecule has 7 heteroatoms. The number of imide groups is 1. The average molecular weight is 499 g/mol. The molecule has 0 atom stereocenters. The number of anilines is 1. The van der Waals surface area contributed by atoms with Crippen LogP contribution in [0.25, 0.3) is 0 Å². The van der Waals surface area contributed by atoms with Gasteiger partial charge < -0.3 is 9.64 Å². The lowest BCUT2D eigenvalue weighted by atomic mass is 9.99. The number of esters is 1. The van der Waals surface area contributed by atoms with Crippen LogP contribution in [0.15, 0.2) is 94.4 Å². The highest BCUT2D eigenvalue weighted by Gasteiger charge is 2.43. The van der Waals surface area contributed by atoms with Crippen molar-refractivity contribution in [1.82, 2.24) is 4.90 Å². The van der Waals surface area contributed by atoms with Crippen LogP contribution in [0.5, 0.6) is 0 Å². The van der Waals surface area contributed by atoms with Crippen molar-refractivity contribution in [3.05, 3.63) is 106 Å². The lowest BCUT2D eigenvalue weighted by Gasteiger charge is -2.31. The average Bonchev–Trinajstić information content (AvgIpc) is 3.16. The number of hydrogen-bond acceptors (Lipinski definition) is 6. The van der Waals surface area contributed by atoms with Gasteiger partial charge in [0.1, 0.15) is 10.6 Å². The minimum absolute atomic E-state index is 0.343. The second-order valence-electron chi connectivity index (χ2n) is 8.66. The second kappa shape index (κ2) is 10.4. The molecule has 0 bridgehead atoms. The summed E-state index contributed by atoms with van der Waals surface area (Å²) >= 11 is 1.31. The highest BCUT2D eigenvalue weighted by molar-refractivity contribution is 8.04. The zero-order valence-corrected chi connectivity index (χ0v) is 20.8. The minimum atomic E-state index is -0.423. The molecule has 0 saturated heterocycles. The summed E-state index contributed by atoms with van der Waals surface area (Å²) in [5, 5.41) is 0. The zero-order valence-electron chi connectivity index (χ0n) is 20.0. The number of ether oxygens (including phenoxy) is 1. The molecule has 0 N–H and O–H groups in total. The Labute approximate surface area is 214 Å². The van der Waals surface area contributed by atoms with E-state index in [4.69, 9.17) is 4.74 Å². The summed E-state index contributed by atoms with van der Waals surface area (Å²) in [6.07, 6.45) is 1.54. The summed E-state index contributed by atoms with van der Waals surface area (Å²) in [5.41, 5.74) is 3.66. The van der Waals surface area contributed by atoms with Crippen molar-refractivity contribution < 1.29 is 19.1 Å². The van der Waals surface area contributed by atoms with E-state index in [0.29, 0.717) is 41.5 Å². The van der Waals surface area contributed by atoms with Crippen LogP contribution in [0.2, 0.25) is 0 Å².